The van der Waals surface area contributed by atoms with Crippen LogP contribution in [0.25, 0.3) is 0 Å². The Kier molecular flexibility index (Phi) is 5.17. The first-order valence-electron chi connectivity index (χ1n) is 6.21. The van der Waals surface area contributed by atoms with Crippen LogP contribution in [-0.4, -0.2) is 12.6 Å². The molecule has 0 spiro atoms. The first kappa shape index (κ1) is 14.4. The van der Waals surface area contributed by atoms with Crippen molar-refractivity contribution >= 4 is 18.3 Å². The second kappa shape index (κ2) is 7.54. The van der Waals surface area contributed by atoms with Crippen LogP contribution in [0, 0.1) is 0 Å². The zero-order chi connectivity index (χ0) is 14.9. The second-order valence-corrected chi connectivity index (χ2v) is 4.06. The van der Waals surface area contributed by atoms with Gasteiger partial charge in [0, 0.05) is 0 Å². The fourth-order valence-corrected chi connectivity index (χ4v) is 1.56. The monoisotopic (exact) mass is 286 g/mol. The number of hydrogen-bond donors (Lipinski definition) is 2. The van der Waals surface area contributed by atoms with Crippen LogP contribution in [0.2, 0.25) is 0 Å². The molecular weight excluding hydrogens is 272 g/mol. The number of carbonyl (C=O) groups is 2. The largest absolute Gasteiger partial charge is 0.463 e. The minimum atomic E-state index is -0.629. The molecule has 0 bridgehead atoms. The van der Waals surface area contributed by atoms with Crippen molar-refractivity contribution in [2.45, 2.75) is 6.61 Å². The Morgan fingerprint density at radius 2 is 1.76 bits per heavy atom. The van der Waals surface area contributed by atoms with Gasteiger partial charge in [-0.3, -0.25) is 10.2 Å². The van der Waals surface area contributed by atoms with Gasteiger partial charge in [-0.15, -0.1) is 0 Å². The van der Waals surface area contributed by atoms with Crippen molar-refractivity contribution < 1.29 is 19.1 Å². The lowest BCUT2D eigenvalue weighted by Gasteiger charge is -2.09. The van der Waals surface area contributed by atoms with Crippen molar-refractivity contribution in [1.82, 2.24) is 5.43 Å². The van der Waals surface area contributed by atoms with E-state index < -0.39 is 6.09 Å². The predicted octanol–water partition coefficient (Wildman–Crippen LogP) is 2.48. The van der Waals surface area contributed by atoms with Crippen molar-refractivity contribution in [2.24, 2.45) is 0 Å². The third-order valence-corrected chi connectivity index (χ3v) is 2.53. The highest BCUT2D eigenvalue weighted by molar-refractivity contribution is 5.72. The molecule has 0 unspecified atom stereocenters. The molecule has 0 saturated heterocycles. The first-order valence-corrected chi connectivity index (χ1v) is 6.21. The van der Waals surface area contributed by atoms with Gasteiger partial charge >= 0.3 is 6.09 Å². The third kappa shape index (κ3) is 4.87. The Bertz CT molecular complexity index is 584. The Morgan fingerprint density at radius 1 is 1.05 bits per heavy atom. The number of ether oxygens (including phenoxy) is 2. The molecule has 2 rings (SSSR count). The van der Waals surface area contributed by atoms with Crippen LogP contribution in [0.4, 0.5) is 10.5 Å². The molecular formula is C15H14N2O4. The maximum Gasteiger partial charge on any atom is 0.431 e. The van der Waals surface area contributed by atoms with Crippen LogP contribution >= 0.6 is 0 Å². The molecule has 1 amide bonds. The fourth-order valence-electron chi connectivity index (χ4n) is 1.56. The number of carbonyl (C=O) groups excluding carboxylic acids is 2. The molecule has 0 aliphatic carbocycles. The van der Waals surface area contributed by atoms with Gasteiger partial charge in [0.25, 0.3) is 6.47 Å². The number of hydrazine groups is 1. The molecule has 2 N–H and O–H groups in total. The summed E-state index contributed by atoms with van der Waals surface area (Å²) in [5.41, 5.74) is 6.68. The molecule has 6 heteroatoms. The first-order chi connectivity index (χ1) is 10.3. The highest BCUT2D eigenvalue weighted by Gasteiger charge is 2.03. The topological polar surface area (TPSA) is 76.7 Å². The standard InChI is InChI=1S/C15H14N2O4/c18-11-20-10-12-6-8-14(9-7-12)21-15(19)17-16-13-4-2-1-3-5-13/h1-9,11,16H,10H2,(H,17,19). The molecule has 0 radical (unpaired) electrons. The highest BCUT2D eigenvalue weighted by Crippen LogP contribution is 2.13. The Labute approximate surface area is 121 Å². The smallest absolute Gasteiger partial charge is 0.431 e. The normalized spacial score (nSPS) is 9.52. The molecule has 6 nitrogen and oxygen atoms in total. The number of hydrogen-bond acceptors (Lipinski definition) is 5. The van der Waals surface area contributed by atoms with Gasteiger partial charge in [0.1, 0.15) is 12.4 Å². The fraction of sp³-hybridized carbons (Fsp3) is 0.0667. The lowest BCUT2D eigenvalue weighted by molar-refractivity contribution is -0.129. The number of para-hydroxylation sites is 1. The SMILES string of the molecule is O=COCc1ccc(OC(=O)NNc2ccccc2)cc1. The Morgan fingerprint density at radius 3 is 2.43 bits per heavy atom. The van der Waals surface area contributed by atoms with E-state index in [0.717, 1.165) is 11.3 Å². The number of rotatable bonds is 6. The molecule has 0 aromatic heterocycles. The van der Waals surface area contributed by atoms with E-state index in [-0.39, 0.29) is 6.61 Å². The van der Waals surface area contributed by atoms with Crippen molar-refractivity contribution in [1.29, 1.82) is 0 Å². The lowest BCUT2D eigenvalue weighted by Crippen LogP contribution is -2.32. The van der Waals surface area contributed by atoms with Gasteiger partial charge in [0.15, 0.2) is 0 Å². The van der Waals surface area contributed by atoms with E-state index >= 15 is 0 Å². The zero-order valence-corrected chi connectivity index (χ0v) is 11.1. The Hall–Kier alpha value is -3.02. The lowest BCUT2D eigenvalue weighted by atomic mass is 10.2. The summed E-state index contributed by atoms with van der Waals surface area (Å²) in [7, 11) is 0. The number of amides is 1. The zero-order valence-electron chi connectivity index (χ0n) is 11.1. The van der Waals surface area contributed by atoms with Gasteiger partial charge in [-0.25, -0.2) is 10.2 Å². The van der Waals surface area contributed by atoms with Gasteiger partial charge < -0.3 is 9.47 Å². The quantitative estimate of drug-likeness (QED) is 0.630. The summed E-state index contributed by atoms with van der Waals surface area (Å²) in [6.07, 6.45) is -0.629. The molecule has 0 aliphatic rings. The molecule has 2 aromatic carbocycles. The number of benzene rings is 2. The maximum absolute atomic E-state index is 11.6. The summed E-state index contributed by atoms with van der Waals surface area (Å²) in [4.78, 5) is 21.6. The molecule has 0 aliphatic heterocycles. The van der Waals surface area contributed by atoms with Gasteiger partial charge in [0.05, 0.1) is 5.69 Å². The Balaban J connectivity index is 1.80. The van der Waals surface area contributed by atoms with Crippen molar-refractivity contribution in [3.8, 4) is 5.75 Å². The van der Waals surface area contributed by atoms with E-state index in [1.807, 2.05) is 30.3 Å². The summed E-state index contributed by atoms with van der Waals surface area (Å²) in [5.74, 6) is 0.386. The van der Waals surface area contributed by atoms with Crippen molar-refractivity contribution in [3.05, 3.63) is 60.2 Å². The molecule has 0 heterocycles. The van der Waals surface area contributed by atoms with E-state index in [9.17, 15) is 9.59 Å². The van der Waals surface area contributed by atoms with Crippen LogP contribution in [0.5, 0.6) is 5.75 Å². The molecule has 0 atom stereocenters. The average Bonchev–Trinajstić information content (AvgIpc) is 2.53. The number of nitrogens with one attached hydrogen (secondary N) is 2. The van der Waals surface area contributed by atoms with E-state index in [2.05, 4.69) is 15.6 Å². The van der Waals surface area contributed by atoms with E-state index in [1.54, 1.807) is 24.3 Å². The van der Waals surface area contributed by atoms with E-state index in [4.69, 9.17) is 4.74 Å². The van der Waals surface area contributed by atoms with Crippen LogP contribution in [-0.2, 0) is 16.1 Å². The highest BCUT2D eigenvalue weighted by atomic mass is 16.6. The second-order valence-electron chi connectivity index (χ2n) is 4.06. The maximum atomic E-state index is 11.6. The third-order valence-electron chi connectivity index (χ3n) is 2.53. The molecule has 2 aromatic rings. The van der Waals surface area contributed by atoms with Crippen molar-refractivity contribution in [3.63, 3.8) is 0 Å². The summed E-state index contributed by atoms with van der Waals surface area (Å²) in [6.45, 7) is 0.568. The van der Waals surface area contributed by atoms with Crippen LogP contribution in [0.3, 0.4) is 0 Å². The summed E-state index contributed by atoms with van der Waals surface area (Å²) >= 11 is 0. The summed E-state index contributed by atoms with van der Waals surface area (Å²) in [6, 6.07) is 15.8. The molecule has 21 heavy (non-hydrogen) atoms. The minimum Gasteiger partial charge on any atom is -0.463 e. The van der Waals surface area contributed by atoms with Gasteiger partial charge in [-0.05, 0) is 29.8 Å². The average molecular weight is 286 g/mol. The van der Waals surface area contributed by atoms with E-state index in [0.29, 0.717) is 12.2 Å². The van der Waals surface area contributed by atoms with Gasteiger partial charge in [-0.1, -0.05) is 30.3 Å². The summed E-state index contributed by atoms with van der Waals surface area (Å²) in [5, 5.41) is 0. The van der Waals surface area contributed by atoms with Crippen molar-refractivity contribution in [2.75, 3.05) is 5.43 Å². The van der Waals surface area contributed by atoms with Crippen LogP contribution in [0.1, 0.15) is 5.56 Å². The van der Waals surface area contributed by atoms with E-state index in [1.165, 1.54) is 0 Å². The minimum absolute atomic E-state index is 0.186. The van der Waals surface area contributed by atoms with Crippen LogP contribution in [0.15, 0.2) is 54.6 Å². The molecule has 0 fully saturated rings. The molecule has 0 saturated carbocycles. The van der Waals surface area contributed by atoms with Gasteiger partial charge in [-0.2, -0.15) is 0 Å². The molecule has 108 valence electrons. The summed E-state index contributed by atoms with van der Waals surface area (Å²) < 4.78 is 9.69. The van der Waals surface area contributed by atoms with Crippen LogP contribution < -0.4 is 15.6 Å². The number of anilines is 1. The van der Waals surface area contributed by atoms with Gasteiger partial charge in [0.2, 0.25) is 0 Å². The predicted molar refractivity (Wildman–Crippen MR) is 76.5 cm³/mol.